The summed E-state index contributed by atoms with van der Waals surface area (Å²) in [5.74, 6) is -1.39. The summed E-state index contributed by atoms with van der Waals surface area (Å²) >= 11 is 0. The molecular formula is C24H26N2O8. The molecule has 0 spiro atoms. The molecule has 0 bridgehead atoms. The van der Waals surface area contributed by atoms with E-state index in [9.17, 15) is 19.2 Å². The van der Waals surface area contributed by atoms with Crippen molar-refractivity contribution >= 4 is 29.3 Å². The predicted octanol–water partition coefficient (Wildman–Crippen LogP) is 2.36. The fraction of sp³-hybridized carbons (Fsp3) is 0.417. The number of nitrogens with one attached hydrogen (secondary N) is 1. The second-order valence-electron chi connectivity index (χ2n) is 8.11. The van der Waals surface area contributed by atoms with Crippen molar-refractivity contribution in [2.75, 3.05) is 37.9 Å². The van der Waals surface area contributed by atoms with Crippen LogP contribution >= 0.6 is 0 Å². The van der Waals surface area contributed by atoms with Crippen molar-refractivity contribution in [3.05, 3.63) is 40.7 Å². The van der Waals surface area contributed by atoms with Gasteiger partial charge < -0.3 is 28.8 Å². The van der Waals surface area contributed by atoms with Crippen LogP contribution in [0.5, 0.6) is 11.5 Å². The summed E-state index contributed by atoms with van der Waals surface area (Å²) < 4.78 is 21.3. The Kier molecular flexibility index (Phi) is 6.58. The molecule has 1 saturated heterocycles. The van der Waals surface area contributed by atoms with E-state index in [1.165, 1.54) is 4.90 Å². The van der Waals surface area contributed by atoms with Crippen molar-refractivity contribution < 1.29 is 38.1 Å². The highest BCUT2D eigenvalue weighted by Gasteiger charge is 2.37. The highest BCUT2D eigenvalue weighted by atomic mass is 16.6. The molecule has 2 aliphatic rings. The maximum absolute atomic E-state index is 12.7. The largest absolute Gasteiger partial charge is 0.486 e. The number of carbonyl (C=O) groups is 4. The van der Waals surface area contributed by atoms with Gasteiger partial charge in [0.1, 0.15) is 13.2 Å². The Morgan fingerprint density at radius 2 is 1.85 bits per heavy atom. The fourth-order valence-electron chi connectivity index (χ4n) is 4.18. The van der Waals surface area contributed by atoms with Crippen molar-refractivity contribution in [3.63, 3.8) is 0 Å². The minimum absolute atomic E-state index is 0.0187. The maximum atomic E-state index is 12.7. The van der Waals surface area contributed by atoms with E-state index in [4.69, 9.17) is 18.9 Å². The first-order valence-corrected chi connectivity index (χ1v) is 11.1. The van der Waals surface area contributed by atoms with Gasteiger partial charge in [0.05, 0.1) is 23.8 Å². The van der Waals surface area contributed by atoms with E-state index in [2.05, 4.69) is 4.98 Å². The summed E-state index contributed by atoms with van der Waals surface area (Å²) in [7, 11) is 0. The SMILES string of the molecule is CCOC(=O)c1c(C)[nH]c(C(=O)COC(=O)[C@@H]2CC(=O)N(c3ccc4c(c3)OCCO4)C2)c1C. The predicted molar refractivity (Wildman–Crippen MR) is 119 cm³/mol. The number of aromatic nitrogens is 1. The second-order valence-corrected chi connectivity index (χ2v) is 8.11. The summed E-state index contributed by atoms with van der Waals surface area (Å²) in [6.07, 6.45) is -0.0187. The number of fused-ring (bicyclic) bond motifs is 1. The molecule has 1 fully saturated rings. The van der Waals surface area contributed by atoms with Gasteiger partial charge in [-0.05, 0) is 38.5 Å². The molecule has 0 saturated carbocycles. The van der Waals surface area contributed by atoms with E-state index in [0.717, 1.165) is 0 Å². The Bertz CT molecular complexity index is 1150. The maximum Gasteiger partial charge on any atom is 0.340 e. The number of amides is 1. The molecule has 1 aromatic heterocycles. The Morgan fingerprint density at radius 1 is 1.12 bits per heavy atom. The Balaban J connectivity index is 1.38. The van der Waals surface area contributed by atoms with Crippen molar-refractivity contribution in [1.29, 1.82) is 0 Å². The normalized spacial score (nSPS) is 17.0. The fourth-order valence-corrected chi connectivity index (χ4v) is 4.18. The van der Waals surface area contributed by atoms with Gasteiger partial charge in [-0.3, -0.25) is 14.4 Å². The molecule has 4 rings (SSSR count). The number of benzene rings is 1. The van der Waals surface area contributed by atoms with Crippen molar-refractivity contribution in [1.82, 2.24) is 4.98 Å². The van der Waals surface area contributed by atoms with Gasteiger partial charge in [-0.2, -0.15) is 0 Å². The monoisotopic (exact) mass is 470 g/mol. The molecule has 1 amide bonds. The minimum Gasteiger partial charge on any atom is -0.486 e. The highest BCUT2D eigenvalue weighted by molar-refractivity contribution is 6.03. The molecule has 0 unspecified atom stereocenters. The standard InChI is InChI=1S/C24H26N2O8/c1-4-31-24(30)21-13(2)22(25-14(21)3)17(27)12-34-23(29)15-9-20(28)26(11-15)16-5-6-18-19(10-16)33-8-7-32-18/h5-6,10,15,25H,4,7-9,11-12H2,1-3H3/t15-/m1/s1. The number of ketones is 1. The summed E-state index contributed by atoms with van der Waals surface area (Å²) in [5, 5.41) is 0. The van der Waals surface area contributed by atoms with E-state index in [-0.39, 0.29) is 31.2 Å². The van der Waals surface area contributed by atoms with Crippen LogP contribution in [0.4, 0.5) is 5.69 Å². The number of aromatic amines is 1. The Labute approximate surface area is 196 Å². The molecule has 34 heavy (non-hydrogen) atoms. The number of aryl methyl sites for hydroxylation is 1. The zero-order valence-electron chi connectivity index (χ0n) is 19.3. The van der Waals surface area contributed by atoms with Gasteiger partial charge in [0, 0.05) is 30.4 Å². The molecule has 3 heterocycles. The molecule has 0 radical (unpaired) electrons. The molecule has 2 aromatic rings. The lowest BCUT2D eigenvalue weighted by atomic mass is 10.1. The van der Waals surface area contributed by atoms with Crippen LogP contribution in [-0.4, -0.2) is 61.6 Å². The third kappa shape index (κ3) is 4.48. The van der Waals surface area contributed by atoms with Gasteiger partial charge in [-0.15, -0.1) is 0 Å². The molecular weight excluding hydrogens is 444 g/mol. The highest BCUT2D eigenvalue weighted by Crippen LogP contribution is 2.36. The first-order valence-electron chi connectivity index (χ1n) is 11.1. The molecule has 1 N–H and O–H groups in total. The van der Waals surface area contributed by atoms with E-state index in [1.807, 2.05) is 0 Å². The Hall–Kier alpha value is -3.82. The molecule has 180 valence electrons. The van der Waals surface area contributed by atoms with Crippen molar-refractivity contribution in [3.8, 4) is 11.5 Å². The minimum atomic E-state index is -0.699. The van der Waals surface area contributed by atoms with Gasteiger partial charge in [0.2, 0.25) is 11.7 Å². The summed E-state index contributed by atoms with van der Waals surface area (Å²) in [4.78, 5) is 54.3. The molecule has 1 aromatic carbocycles. The van der Waals surface area contributed by atoms with Gasteiger partial charge in [0.15, 0.2) is 18.1 Å². The van der Waals surface area contributed by atoms with Crippen LogP contribution in [0.25, 0.3) is 0 Å². The number of esters is 2. The smallest absolute Gasteiger partial charge is 0.340 e. The number of anilines is 1. The van der Waals surface area contributed by atoms with E-state index < -0.39 is 30.2 Å². The van der Waals surface area contributed by atoms with Gasteiger partial charge in [-0.1, -0.05) is 0 Å². The average Bonchev–Trinajstić information content (AvgIpc) is 3.36. The summed E-state index contributed by atoms with van der Waals surface area (Å²) in [5.41, 5.74) is 2.03. The van der Waals surface area contributed by atoms with Crippen molar-refractivity contribution in [2.24, 2.45) is 5.92 Å². The van der Waals surface area contributed by atoms with Gasteiger partial charge in [-0.25, -0.2) is 4.79 Å². The van der Waals surface area contributed by atoms with Crippen LogP contribution < -0.4 is 14.4 Å². The first-order chi connectivity index (χ1) is 16.3. The van der Waals surface area contributed by atoms with Crippen LogP contribution in [0, 0.1) is 19.8 Å². The first kappa shape index (κ1) is 23.3. The van der Waals surface area contributed by atoms with E-state index in [1.54, 1.807) is 39.0 Å². The lowest BCUT2D eigenvalue weighted by Gasteiger charge is -2.22. The number of hydrogen-bond acceptors (Lipinski definition) is 8. The van der Waals surface area contributed by atoms with Crippen LogP contribution in [0.2, 0.25) is 0 Å². The topological polar surface area (TPSA) is 124 Å². The molecule has 1 atom stereocenters. The lowest BCUT2D eigenvalue weighted by molar-refractivity contribution is -0.147. The van der Waals surface area contributed by atoms with Gasteiger partial charge >= 0.3 is 11.9 Å². The van der Waals surface area contributed by atoms with Crippen LogP contribution in [0.1, 0.15) is 45.4 Å². The van der Waals surface area contributed by atoms with E-state index in [0.29, 0.717) is 47.2 Å². The van der Waals surface area contributed by atoms with Crippen LogP contribution in [-0.2, 0) is 19.1 Å². The summed E-state index contributed by atoms with van der Waals surface area (Å²) in [6, 6.07) is 5.17. The quantitative estimate of drug-likeness (QED) is 0.483. The average molecular weight is 470 g/mol. The zero-order valence-corrected chi connectivity index (χ0v) is 19.3. The third-order valence-corrected chi connectivity index (χ3v) is 5.84. The van der Waals surface area contributed by atoms with Gasteiger partial charge in [0.25, 0.3) is 0 Å². The second kappa shape index (κ2) is 9.58. The number of nitrogens with zero attached hydrogens (tertiary/aromatic N) is 1. The van der Waals surface area contributed by atoms with Crippen molar-refractivity contribution in [2.45, 2.75) is 27.2 Å². The van der Waals surface area contributed by atoms with Crippen LogP contribution in [0.15, 0.2) is 18.2 Å². The number of carbonyl (C=O) groups excluding carboxylic acids is 4. The lowest BCUT2D eigenvalue weighted by Crippen LogP contribution is -2.27. The molecule has 10 nitrogen and oxygen atoms in total. The number of hydrogen-bond donors (Lipinski definition) is 1. The Morgan fingerprint density at radius 3 is 2.59 bits per heavy atom. The zero-order chi connectivity index (χ0) is 24.4. The third-order valence-electron chi connectivity index (χ3n) is 5.84. The molecule has 2 aliphatic heterocycles. The molecule has 0 aliphatic carbocycles. The van der Waals surface area contributed by atoms with E-state index >= 15 is 0 Å². The number of rotatable bonds is 7. The number of H-pyrrole nitrogens is 1. The summed E-state index contributed by atoms with van der Waals surface area (Å²) in [6.45, 7) is 5.73. The number of ether oxygens (including phenoxy) is 4. The van der Waals surface area contributed by atoms with Crippen LogP contribution in [0.3, 0.4) is 0 Å². The molecule has 10 heteroatoms. The number of Topliss-reactive ketones (excluding diaryl/α,β-unsaturated/α-hetero) is 1.